The quantitative estimate of drug-likeness (QED) is 0.830. The van der Waals surface area contributed by atoms with E-state index in [0.717, 1.165) is 12.5 Å². The maximum Gasteiger partial charge on any atom is 0.435 e. The van der Waals surface area contributed by atoms with Gasteiger partial charge in [-0.05, 0) is 13.3 Å². The fourth-order valence-corrected chi connectivity index (χ4v) is 1.72. The molecule has 0 saturated carbocycles. The fourth-order valence-electron chi connectivity index (χ4n) is 1.72. The zero-order valence-electron chi connectivity index (χ0n) is 10.9. The minimum absolute atomic E-state index is 0.302. The van der Waals surface area contributed by atoms with Crippen LogP contribution in [0, 0.1) is 0 Å². The van der Waals surface area contributed by atoms with Crippen LogP contribution in [0.5, 0.6) is 0 Å². The van der Waals surface area contributed by atoms with Gasteiger partial charge < -0.3 is 10.1 Å². The van der Waals surface area contributed by atoms with Crippen molar-refractivity contribution in [3.63, 3.8) is 0 Å². The van der Waals surface area contributed by atoms with Crippen LogP contribution in [0.1, 0.15) is 19.0 Å². The Hall–Kier alpha value is -1.83. The lowest BCUT2D eigenvalue weighted by Crippen LogP contribution is -2.08. The summed E-state index contributed by atoms with van der Waals surface area (Å²) in [5.41, 5.74) is -0.626. The summed E-state index contributed by atoms with van der Waals surface area (Å²) < 4.78 is 44.2. The maximum absolute atomic E-state index is 12.6. The van der Waals surface area contributed by atoms with Gasteiger partial charge in [-0.15, -0.1) is 0 Å². The van der Waals surface area contributed by atoms with Crippen molar-refractivity contribution in [2.24, 2.45) is 0 Å². The van der Waals surface area contributed by atoms with Crippen molar-refractivity contribution in [3.05, 3.63) is 24.2 Å². The van der Waals surface area contributed by atoms with Crippen LogP contribution >= 0.6 is 0 Å². The Kier molecular flexibility index (Phi) is 4.43. The van der Waals surface area contributed by atoms with Gasteiger partial charge >= 0.3 is 6.18 Å². The number of rotatable bonds is 6. The first-order valence-corrected chi connectivity index (χ1v) is 6.25. The average molecular weight is 288 g/mol. The SMILES string of the molecule is CCOCCCNc1nccn2nc(C(F)(F)F)cc12. The Morgan fingerprint density at radius 3 is 2.90 bits per heavy atom. The van der Waals surface area contributed by atoms with Crippen molar-refractivity contribution < 1.29 is 17.9 Å². The summed E-state index contributed by atoms with van der Waals surface area (Å²) in [6, 6.07) is 0.984. The molecule has 1 N–H and O–H groups in total. The summed E-state index contributed by atoms with van der Waals surface area (Å²) >= 11 is 0. The van der Waals surface area contributed by atoms with E-state index in [1.807, 2.05) is 6.92 Å². The fraction of sp³-hybridized carbons (Fsp3) is 0.500. The highest BCUT2D eigenvalue weighted by Gasteiger charge is 2.34. The smallest absolute Gasteiger partial charge is 0.382 e. The third-order valence-corrected chi connectivity index (χ3v) is 2.64. The first-order chi connectivity index (χ1) is 9.52. The van der Waals surface area contributed by atoms with Gasteiger partial charge in [0.15, 0.2) is 11.5 Å². The number of ether oxygens (including phenoxy) is 1. The Morgan fingerprint density at radius 1 is 1.40 bits per heavy atom. The largest absolute Gasteiger partial charge is 0.435 e. The van der Waals surface area contributed by atoms with Crippen LogP contribution < -0.4 is 5.32 Å². The minimum atomic E-state index is -4.46. The van der Waals surface area contributed by atoms with Crippen molar-refractivity contribution in [2.45, 2.75) is 19.5 Å². The maximum atomic E-state index is 12.6. The first-order valence-electron chi connectivity index (χ1n) is 6.25. The van der Waals surface area contributed by atoms with E-state index in [0.29, 0.717) is 31.1 Å². The molecule has 0 spiro atoms. The third kappa shape index (κ3) is 3.38. The molecule has 2 rings (SSSR count). The van der Waals surface area contributed by atoms with Gasteiger partial charge in [-0.25, -0.2) is 9.50 Å². The molecule has 0 radical (unpaired) electrons. The average Bonchev–Trinajstić information content (AvgIpc) is 2.83. The molecule has 8 heteroatoms. The molecule has 0 unspecified atom stereocenters. The number of hydrogen-bond acceptors (Lipinski definition) is 4. The molecule has 2 heterocycles. The zero-order chi connectivity index (χ0) is 14.6. The molecule has 20 heavy (non-hydrogen) atoms. The van der Waals surface area contributed by atoms with E-state index < -0.39 is 11.9 Å². The van der Waals surface area contributed by atoms with Crippen LogP contribution in [0.2, 0.25) is 0 Å². The predicted octanol–water partition coefficient (Wildman–Crippen LogP) is 2.59. The highest BCUT2D eigenvalue weighted by atomic mass is 19.4. The Bertz CT molecular complexity index is 567. The molecule has 0 amide bonds. The molecule has 110 valence electrons. The summed E-state index contributed by atoms with van der Waals surface area (Å²) in [7, 11) is 0. The molecule has 2 aromatic heterocycles. The first kappa shape index (κ1) is 14.6. The normalized spacial score (nSPS) is 12.0. The lowest BCUT2D eigenvalue weighted by atomic mass is 10.3. The van der Waals surface area contributed by atoms with Crippen LogP contribution in [-0.2, 0) is 10.9 Å². The molecule has 0 aromatic carbocycles. The van der Waals surface area contributed by atoms with Crippen molar-refractivity contribution in [3.8, 4) is 0 Å². The molecule has 0 aliphatic heterocycles. The van der Waals surface area contributed by atoms with Gasteiger partial charge in [0.25, 0.3) is 0 Å². The van der Waals surface area contributed by atoms with Gasteiger partial charge in [0.2, 0.25) is 0 Å². The van der Waals surface area contributed by atoms with Gasteiger partial charge in [0.05, 0.1) is 0 Å². The second kappa shape index (κ2) is 6.08. The van der Waals surface area contributed by atoms with Crippen molar-refractivity contribution in [1.82, 2.24) is 14.6 Å². The number of fused-ring (bicyclic) bond motifs is 1. The summed E-state index contributed by atoms with van der Waals surface area (Å²) in [6.45, 7) is 3.71. The number of alkyl halides is 3. The topological polar surface area (TPSA) is 51.5 Å². The number of aromatic nitrogens is 3. The summed E-state index contributed by atoms with van der Waals surface area (Å²) in [6.07, 6.45) is -0.921. The predicted molar refractivity (Wildman–Crippen MR) is 67.6 cm³/mol. The number of hydrogen-bond donors (Lipinski definition) is 1. The Labute approximate surface area is 113 Å². The highest BCUT2D eigenvalue weighted by molar-refractivity contribution is 5.67. The van der Waals surface area contributed by atoms with E-state index in [1.54, 1.807) is 0 Å². The van der Waals surface area contributed by atoms with Crippen LogP contribution in [0.15, 0.2) is 18.5 Å². The van der Waals surface area contributed by atoms with E-state index >= 15 is 0 Å². The van der Waals surface area contributed by atoms with Crippen LogP contribution in [0.3, 0.4) is 0 Å². The molecule has 2 aromatic rings. The highest BCUT2D eigenvalue weighted by Crippen LogP contribution is 2.29. The van der Waals surface area contributed by atoms with Crippen molar-refractivity contribution in [1.29, 1.82) is 0 Å². The molecule has 0 fully saturated rings. The van der Waals surface area contributed by atoms with Gasteiger partial charge in [0.1, 0.15) is 5.52 Å². The van der Waals surface area contributed by atoms with Crippen LogP contribution in [-0.4, -0.2) is 34.4 Å². The van der Waals surface area contributed by atoms with Gasteiger partial charge in [-0.3, -0.25) is 0 Å². The van der Waals surface area contributed by atoms with Crippen LogP contribution in [0.25, 0.3) is 5.52 Å². The van der Waals surface area contributed by atoms with Crippen molar-refractivity contribution >= 4 is 11.3 Å². The molecule has 0 saturated heterocycles. The number of nitrogens with one attached hydrogen (secondary N) is 1. The molecule has 0 aliphatic rings. The van der Waals surface area contributed by atoms with Crippen molar-refractivity contribution in [2.75, 3.05) is 25.1 Å². The molecule has 0 bridgehead atoms. The van der Waals surface area contributed by atoms with E-state index in [9.17, 15) is 13.2 Å². The van der Waals surface area contributed by atoms with E-state index in [4.69, 9.17) is 4.74 Å². The van der Waals surface area contributed by atoms with Gasteiger partial charge in [-0.1, -0.05) is 0 Å². The lowest BCUT2D eigenvalue weighted by molar-refractivity contribution is -0.141. The number of anilines is 1. The van der Waals surface area contributed by atoms with Gasteiger partial charge in [0, 0.05) is 38.2 Å². The third-order valence-electron chi connectivity index (χ3n) is 2.64. The number of halogens is 3. The summed E-state index contributed by atoms with van der Waals surface area (Å²) in [4.78, 5) is 4.04. The monoisotopic (exact) mass is 288 g/mol. The second-order valence-corrected chi connectivity index (χ2v) is 4.11. The molecule has 0 aliphatic carbocycles. The lowest BCUT2D eigenvalue weighted by Gasteiger charge is -2.06. The molecule has 5 nitrogen and oxygen atoms in total. The second-order valence-electron chi connectivity index (χ2n) is 4.11. The zero-order valence-corrected chi connectivity index (χ0v) is 10.9. The van der Waals surface area contributed by atoms with Gasteiger partial charge in [-0.2, -0.15) is 18.3 Å². The van der Waals surface area contributed by atoms with E-state index in [-0.39, 0.29) is 0 Å². The standard InChI is InChI=1S/C12H15F3N4O/c1-2-20-7-3-4-16-11-9-8-10(12(13,14)15)18-19(9)6-5-17-11/h5-6,8H,2-4,7H2,1H3,(H,16,17). The molecule has 0 atom stereocenters. The van der Waals surface area contributed by atoms with E-state index in [1.165, 1.54) is 16.9 Å². The Balaban J connectivity index is 2.11. The molecular formula is C12H15F3N4O. The van der Waals surface area contributed by atoms with E-state index in [2.05, 4.69) is 15.4 Å². The summed E-state index contributed by atoms with van der Waals surface area (Å²) in [5, 5.41) is 6.48. The summed E-state index contributed by atoms with van der Waals surface area (Å²) in [5.74, 6) is 0.381. The Morgan fingerprint density at radius 2 is 2.20 bits per heavy atom. The number of nitrogens with zero attached hydrogens (tertiary/aromatic N) is 3. The molecular weight excluding hydrogens is 273 g/mol. The minimum Gasteiger partial charge on any atom is -0.382 e. The van der Waals surface area contributed by atoms with Crippen LogP contribution in [0.4, 0.5) is 19.0 Å².